The Morgan fingerprint density at radius 1 is 1.28 bits per heavy atom. The first-order valence-corrected chi connectivity index (χ1v) is 7.24. The van der Waals surface area contributed by atoms with Gasteiger partial charge in [0.25, 0.3) is 0 Å². The van der Waals surface area contributed by atoms with Gasteiger partial charge in [-0.1, -0.05) is 19.8 Å². The summed E-state index contributed by atoms with van der Waals surface area (Å²) < 4.78 is 26.9. The molecule has 0 radical (unpaired) electrons. The van der Waals surface area contributed by atoms with Gasteiger partial charge in [0.1, 0.15) is 11.6 Å². The van der Waals surface area contributed by atoms with Gasteiger partial charge in [0.15, 0.2) is 0 Å². The lowest BCUT2D eigenvalue weighted by atomic mass is 9.82. The van der Waals surface area contributed by atoms with E-state index in [-0.39, 0.29) is 0 Å². The maximum atomic E-state index is 13.5. The SMILES string of the molecule is CC1CCCC(CNc2cc(Br)c(F)cc2F)C1. The minimum atomic E-state index is -0.565. The largest absolute Gasteiger partial charge is 0.382 e. The molecular formula is C14H18BrF2N. The van der Waals surface area contributed by atoms with Gasteiger partial charge in [0.2, 0.25) is 0 Å². The molecule has 0 bridgehead atoms. The molecule has 0 aliphatic heterocycles. The lowest BCUT2D eigenvalue weighted by molar-refractivity contribution is 0.293. The first kappa shape index (κ1) is 13.8. The van der Waals surface area contributed by atoms with E-state index in [0.29, 0.717) is 16.1 Å². The molecule has 2 rings (SSSR count). The Bertz CT molecular complexity index is 423. The molecule has 1 nitrogen and oxygen atoms in total. The van der Waals surface area contributed by atoms with E-state index in [9.17, 15) is 8.78 Å². The van der Waals surface area contributed by atoms with Gasteiger partial charge in [-0.3, -0.25) is 0 Å². The second kappa shape index (κ2) is 6.00. The summed E-state index contributed by atoms with van der Waals surface area (Å²) in [5, 5.41) is 3.10. The highest BCUT2D eigenvalue weighted by Crippen LogP contribution is 2.29. The van der Waals surface area contributed by atoms with E-state index in [2.05, 4.69) is 28.2 Å². The molecule has 1 aliphatic rings. The Kier molecular flexibility index (Phi) is 4.60. The van der Waals surface area contributed by atoms with E-state index in [1.807, 2.05) is 0 Å². The van der Waals surface area contributed by atoms with Crippen molar-refractivity contribution >= 4 is 21.6 Å². The standard InChI is InChI=1S/C14H18BrF2N/c1-9-3-2-4-10(5-9)8-18-14-6-11(15)12(16)7-13(14)17/h6-7,9-10,18H,2-5,8H2,1H3. The lowest BCUT2D eigenvalue weighted by Crippen LogP contribution is -2.21. The molecule has 1 aromatic rings. The van der Waals surface area contributed by atoms with E-state index in [1.54, 1.807) is 0 Å². The fourth-order valence-electron chi connectivity index (χ4n) is 2.66. The van der Waals surface area contributed by atoms with Crippen molar-refractivity contribution in [2.24, 2.45) is 11.8 Å². The maximum Gasteiger partial charge on any atom is 0.149 e. The topological polar surface area (TPSA) is 12.0 Å². The molecule has 4 heteroatoms. The van der Waals surface area contributed by atoms with E-state index in [1.165, 1.54) is 31.7 Å². The van der Waals surface area contributed by atoms with Crippen molar-refractivity contribution in [2.45, 2.75) is 32.6 Å². The van der Waals surface area contributed by atoms with Crippen molar-refractivity contribution < 1.29 is 8.78 Å². The molecule has 18 heavy (non-hydrogen) atoms. The van der Waals surface area contributed by atoms with Crippen LogP contribution in [0.3, 0.4) is 0 Å². The Morgan fingerprint density at radius 2 is 2.06 bits per heavy atom. The third-order valence-corrected chi connectivity index (χ3v) is 4.24. The molecular weight excluding hydrogens is 300 g/mol. The highest BCUT2D eigenvalue weighted by Gasteiger charge is 2.19. The van der Waals surface area contributed by atoms with Crippen molar-refractivity contribution in [1.29, 1.82) is 0 Å². The predicted molar refractivity (Wildman–Crippen MR) is 73.7 cm³/mol. The molecule has 2 unspecified atom stereocenters. The molecule has 0 aromatic heterocycles. The van der Waals surface area contributed by atoms with Gasteiger partial charge in [0.05, 0.1) is 10.2 Å². The third-order valence-electron chi connectivity index (χ3n) is 3.64. The molecule has 0 saturated heterocycles. The van der Waals surface area contributed by atoms with E-state index >= 15 is 0 Å². The van der Waals surface area contributed by atoms with Gasteiger partial charge in [-0.2, -0.15) is 0 Å². The van der Waals surface area contributed by atoms with Crippen LogP contribution in [0.15, 0.2) is 16.6 Å². The number of rotatable bonds is 3. The highest BCUT2D eigenvalue weighted by atomic mass is 79.9. The summed E-state index contributed by atoms with van der Waals surface area (Å²) in [5.41, 5.74) is 0.376. The van der Waals surface area contributed by atoms with Crippen LogP contribution in [-0.4, -0.2) is 6.54 Å². The first-order valence-electron chi connectivity index (χ1n) is 6.44. The zero-order chi connectivity index (χ0) is 13.1. The minimum Gasteiger partial charge on any atom is -0.382 e. The van der Waals surface area contributed by atoms with E-state index in [4.69, 9.17) is 0 Å². The third kappa shape index (κ3) is 3.44. The summed E-state index contributed by atoms with van der Waals surface area (Å²) in [5.74, 6) is 0.260. The van der Waals surface area contributed by atoms with Crippen LogP contribution >= 0.6 is 15.9 Å². The summed E-state index contributed by atoms with van der Waals surface area (Å²) in [7, 11) is 0. The van der Waals surface area contributed by atoms with Crippen LogP contribution in [0.2, 0.25) is 0 Å². The zero-order valence-corrected chi connectivity index (χ0v) is 12.1. The normalized spacial score (nSPS) is 24.0. The van der Waals surface area contributed by atoms with Crippen molar-refractivity contribution in [3.8, 4) is 0 Å². The second-order valence-electron chi connectivity index (χ2n) is 5.26. The number of halogens is 3. The van der Waals surface area contributed by atoms with Gasteiger partial charge in [-0.05, 0) is 46.7 Å². The Morgan fingerprint density at radius 3 is 2.78 bits per heavy atom. The van der Waals surface area contributed by atoms with Crippen LogP contribution in [0.25, 0.3) is 0 Å². The molecule has 1 N–H and O–H groups in total. The summed E-state index contributed by atoms with van der Waals surface area (Å²) in [4.78, 5) is 0. The summed E-state index contributed by atoms with van der Waals surface area (Å²) in [6.07, 6.45) is 4.94. The zero-order valence-electron chi connectivity index (χ0n) is 10.5. The monoisotopic (exact) mass is 317 g/mol. The first-order chi connectivity index (χ1) is 8.56. The summed E-state index contributed by atoms with van der Waals surface area (Å²) in [6.45, 7) is 3.03. The smallest absolute Gasteiger partial charge is 0.149 e. The van der Waals surface area contributed by atoms with Crippen LogP contribution in [-0.2, 0) is 0 Å². The average molecular weight is 318 g/mol. The second-order valence-corrected chi connectivity index (χ2v) is 6.12. The van der Waals surface area contributed by atoms with Crippen LogP contribution in [0.1, 0.15) is 32.6 Å². The fourth-order valence-corrected chi connectivity index (χ4v) is 3.00. The number of nitrogens with one attached hydrogen (secondary N) is 1. The van der Waals surface area contributed by atoms with Crippen LogP contribution in [0, 0.1) is 23.5 Å². The van der Waals surface area contributed by atoms with Gasteiger partial charge in [0, 0.05) is 12.6 Å². The average Bonchev–Trinajstić information content (AvgIpc) is 2.32. The van der Waals surface area contributed by atoms with Crippen molar-refractivity contribution in [1.82, 2.24) is 0 Å². The predicted octanol–water partition coefficient (Wildman–Crippen LogP) is 4.97. The summed E-state index contributed by atoms with van der Waals surface area (Å²) in [6, 6.07) is 2.38. The van der Waals surface area contributed by atoms with Gasteiger partial charge < -0.3 is 5.32 Å². The molecule has 1 fully saturated rings. The number of anilines is 1. The van der Waals surface area contributed by atoms with Gasteiger partial charge in [-0.25, -0.2) is 8.78 Å². The van der Waals surface area contributed by atoms with Crippen LogP contribution in [0.5, 0.6) is 0 Å². The molecule has 0 heterocycles. The fraction of sp³-hybridized carbons (Fsp3) is 0.571. The number of benzene rings is 1. The Balaban J connectivity index is 1.95. The van der Waals surface area contributed by atoms with Crippen molar-refractivity contribution in [3.05, 3.63) is 28.2 Å². The van der Waals surface area contributed by atoms with Crippen LogP contribution < -0.4 is 5.32 Å². The lowest BCUT2D eigenvalue weighted by Gasteiger charge is -2.27. The quantitative estimate of drug-likeness (QED) is 0.776. The highest BCUT2D eigenvalue weighted by molar-refractivity contribution is 9.10. The molecule has 0 spiro atoms. The number of hydrogen-bond donors (Lipinski definition) is 1. The van der Waals surface area contributed by atoms with Gasteiger partial charge in [-0.15, -0.1) is 0 Å². The maximum absolute atomic E-state index is 13.5. The molecule has 2 atom stereocenters. The molecule has 100 valence electrons. The van der Waals surface area contributed by atoms with Crippen LogP contribution in [0.4, 0.5) is 14.5 Å². The molecule has 1 saturated carbocycles. The van der Waals surface area contributed by atoms with Crippen molar-refractivity contribution in [3.63, 3.8) is 0 Å². The summed E-state index contributed by atoms with van der Waals surface area (Å²) >= 11 is 3.07. The molecule has 1 aliphatic carbocycles. The minimum absolute atomic E-state index is 0.295. The van der Waals surface area contributed by atoms with Gasteiger partial charge >= 0.3 is 0 Å². The Labute approximate surface area is 115 Å². The molecule has 1 aromatic carbocycles. The van der Waals surface area contributed by atoms with E-state index in [0.717, 1.165) is 18.5 Å². The number of hydrogen-bond acceptors (Lipinski definition) is 1. The molecule has 0 amide bonds. The van der Waals surface area contributed by atoms with Crippen molar-refractivity contribution in [2.75, 3.05) is 11.9 Å². The Hall–Kier alpha value is -0.640. The van der Waals surface area contributed by atoms with E-state index < -0.39 is 11.6 Å².